The average molecular weight is 312 g/mol. The molecule has 0 bridgehead atoms. The molecule has 1 amide bonds. The summed E-state index contributed by atoms with van der Waals surface area (Å²) in [5.41, 5.74) is 0.691. The van der Waals surface area contributed by atoms with Crippen LogP contribution in [0.4, 0.5) is 5.69 Å². The number of amides is 1. The van der Waals surface area contributed by atoms with E-state index in [1.165, 1.54) is 5.39 Å². The van der Waals surface area contributed by atoms with E-state index >= 15 is 0 Å². The fourth-order valence-corrected chi connectivity index (χ4v) is 2.23. The third-order valence-corrected chi connectivity index (χ3v) is 3.46. The van der Waals surface area contributed by atoms with E-state index in [1.54, 1.807) is 24.3 Å². The van der Waals surface area contributed by atoms with Crippen molar-refractivity contribution in [3.63, 3.8) is 0 Å². The Kier molecular flexibility index (Phi) is 4.26. The maximum absolute atomic E-state index is 11.2. The van der Waals surface area contributed by atoms with Crippen LogP contribution in [0.5, 0.6) is 11.5 Å². The number of carbonyl (C=O) groups is 1. The third-order valence-electron chi connectivity index (χ3n) is 3.22. The summed E-state index contributed by atoms with van der Waals surface area (Å²) in [7, 11) is 0. The van der Waals surface area contributed by atoms with Gasteiger partial charge in [0.15, 0.2) is 0 Å². The van der Waals surface area contributed by atoms with E-state index in [9.17, 15) is 4.79 Å². The summed E-state index contributed by atoms with van der Waals surface area (Å²) in [5.74, 6) is 1.19. The van der Waals surface area contributed by atoms with Crippen LogP contribution in [-0.2, 0) is 4.79 Å². The van der Waals surface area contributed by atoms with E-state index in [1.807, 2.05) is 36.4 Å². The van der Waals surface area contributed by atoms with Gasteiger partial charge in [0.2, 0.25) is 5.91 Å². The molecule has 3 rings (SSSR count). The largest absolute Gasteiger partial charge is 0.457 e. The third kappa shape index (κ3) is 3.38. The van der Waals surface area contributed by atoms with Crippen LogP contribution in [0.2, 0.25) is 0 Å². The van der Waals surface area contributed by atoms with Crippen LogP contribution in [0, 0.1) is 0 Å². The van der Waals surface area contributed by atoms with Crippen LogP contribution in [-0.4, -0.2) is 11.8 Å². The summed E-state index contributed by atoms with van der Waals surface area (Å²) in [4.78, 5) is 11.2. The monoisotopic (exact) mass is 311 g/mol. The molecule has 0 atom stereocenters. The number of benzene rings is 3. The molecule has 0 heterocycles. The molecule has 0 radical (unpaired) electrons. The molecule has 0 saturated carbocycles. The van der Waals surface area contributed by atoms with Gasteiger partial charge in [0.25, 0.3) is 0 Å². The number of hydrogen-bond donors (Lipinski definition) is 1. The van der Waals surface area contributed by atoms with E-state index in [0.29, 0.717) is 11.4 Å². The molecule has 0 fully saturated rings. The predicted molar refractivity (Wildman–Crippen MR) is 89.8 cm³/mol. The number of nitrogens with one attached hydrogen (secondary N) is 1. The topological polar surface area (TPSA) is 38.3 Å². The zero-order valence-electron chi connectivity index (χ0n) is 11.8. The standard InChI is InChI=1S/C18H14ClNO2/c19-12-18(21)20-15-6-9-16(10-7-15)22-17-8-5-13-3-1-2-4-14(13)11-17/h1-11H,12H2,(H,20,21). The number of halogens is 1. The maximum Gasteiger partial charge on any atom is 0.239 e. The lowest BCUT2D eigenvalue weighted by Crippen LogP contribution is -2.12. The van der Waals surface area contributed by atoms with Crippen molar-refractivity contribution in [3.8, 4) is 11.5 Å². The maximum atomic E-state index is 11.2. The molecule has 22 heavy (non-hydrogen) atoms. The van der Waals surface area contributed by atoms with Crippen LogP contribution >= 0.6 is 11.6 Å². The van der Waals surface area contributed by atoms with Gasteiger partial charge in [0.05, 0.1) is 0 Å². The highest BCUT2D eigenvalue weighted by Crippen LogP contribution is 2.26. The molecule has 3 aromatic rings. The van der Waals surface area contributed by atoms with Crippen LogP contribution in [0.1, 0.15) is 0 Å². The van der Waals surface area contributed by atoms with Gasteiger partial charge in [-0.1, -0.05) is 30.3 Å². The highest BCUT2D eigenvalue weighted by molar-refractivity contribution is 6.29. The number of rotatable bonds is 4. The van der Waals surface area contributed by atoms with Crippen LogP contribution < -0.4 is 10.1 Å². The molecule has 0 saturated heterocycles. The number of hydrogen-bond acceptors (Lipinski definition) is 2. The van der Waals surface area contributed by atoms with Gasteiger partial charge in [0, 0.05) is 5.69 Å². The molecule has 0 unspecified atom stereocenters. The lowest BCUT2D eigenvalue weighted by Gasteiger charge is -2.08. The first-order valence-corrected chi connectivity index (χ1v) is 7.40. The van der Waals surface area contributed by atoms with E-state index < -0.39 is 0 Å². The van der Waals surface area contributed by atoms with Gasteiger partial charge in [-0.2, -0.15) is 0 Å². The Morgan fingerprint density at radius 1 is 0.909 bits per heavy atom. The van der Waals surface area contributed by atoms with Crippen molar-refractivity contribution in [2.24, 2.45) is 0 Å². The molecule has 0 spiro atoms. The van der Waals surface area contributed by atoms with Gasteiger partial charge in [-0.15, -0.1) is 11.6 Å². The Morgan fingerprint density at radius 2 is 1.59 bits per heavy atom. The van der Waals surface area contributed by atoms with Gasteiger partial charge in [0.1, 0.15) is 17.4 Å². The zero-order chi connectivity index (χ0) is 15.4. The Labute approximate surface area is 133 Å². The first-order chi connectivity index (χ1) is 10.7. The molecular formula is C18H14ClNO2. The molecule has 0 aliphatic heterocycles. The molecule has 0 aliphatic rings. The molecule has 1 N–H and O–H groups in total. The Hall–Kier alpha value is -2.52. The normalized spacial score (nSPS) is 10.4. The lowest BCUT2D eigenvalue weighted by molar-refractivity contribution is -0.113. The summed E-state index contributed by atoms with van der Waals surface area (Å²) < 4.78 is 5.83. The van der Waals surface area contributed by atoms with Crippen molar-refractivity contribution in [2.45, 2.75) is 0 Å². The smallest absolute Gasteiger partial charge is 0.239 e. The summed E-state index contributed by atoms with van der Waals surface area (Å²) >= 11 is 5.45. The Bertz CT molecular complexity index is 800. The molecule has 0 aromatic heterocycles. The first kappa shape index (κ1) is 14.4. The molecule has 3 nitrogen and oxygen atoms in total. The molecule has 3 aromatic carbocycles. The molecular weight excluding hydrogens is 298 g/mol. The minimum atomic E-state index is -0.232. The van der Waals surface area contributed by atoms with Crippen molar-refractivity contribution in [1.29, 1.82) is 0 Å². The predicted octanol–water partition coefficient (Wildman–Crippen LogP) is 4.81. The van der Waals surface area contributed by atoms with E-state index in [2.05, 4.69) is 11.4 Å². The van der Waals surface area contributed by atoms with Crippen LogP contribution in [0.25, 0.3) is 10.8 Å². The Morgan fingerprint density at radius 3 is 2.32 bits per heavy atom. The SMILES string of the molecule is O=C(CCl)Nc1ccc(Oc2ccc3ccccc3c2)cc1. The van der Waals surface area contributed by atoms with Crippen molar-refractivity contribution in [2.75, 3.05) is 11.2 Å². The van der Waals surface area contributed by atoms with Gasteiger partial charge in [-0.05, 0) is 47.2 Å². The molecule has 110 valence electrons. The van der Waals surface area contributed by atoms with Crippen molar-refractivity contribution < 1.29 is 9.53 Å². The van der Waals surface area contributed by atoms with E-state index in [0.717, 1.165) is 11.1 Å². The van der Waals surface area contributed by atoms with Gasteiger partial charge in [-0.25, -0.2) is 0 Å². The quantitative estimate of drug-likeness (QED) is 0.702. The minimum Gasteiger partial charge on any atom is -0.457 e. The highest BCUT2D eigenvalue weighted by Gasteiger charge is 2.02. The second-order valence-corrected chi connectivity index (χ2v) is 5.08. The second-order valence-electron chi connectivity index (χ2n) is 4.82. The number of anilines is 1. The molecule has 4 heteroatoms. The number of fused-ring (bicyclic) bond motifs is 1. The summed E-state index contributed by atoms with van der Waals surface area (Å²) in [6.07, 6.45) is 0. The van der Waals surface area contributed by atoms with E-state index in [4.69, 9.17) is 16.3 Å². The fraction of sp³-hybridized carbons (Fsp3) is 0.0556. The van der Waals surface area contributed by atoms with Crippen molar-refractivity contribution >= 4 is 34.0 Å². The van der Waals surface area contributed by atoms with Crippen molar-refractivity contribution in [1.82, 2.24) is 0 Å². The lowest BCUT2D eigenvalue weighted by atomic mass is 10.1. The highest BCUT2D eigenvalue weighted by atomic mass is 35.5. The average Bonchev–Trinajstić information content (AvgIpc) is 2.56. The van der Waals surface area contributed by atoms with Gasteiger partial charge in [-0.3, -0.25) is 4.79 Å². The Balaban J connectivity index is 1.75. The number of alkyl halides is 1. The fourth-order valence-electron chi connectivity index (χ4n) is 2.17. The number of ether oxygens (including phenoxy) is 1. The summed E-state index contributed by atoms with van der Waals surface area (Å²) in [6.45, 7) is 0. The van der Waals surface area contributed by atoms with Gasteiger partial charge >= 0.3 is 0 Å². The first-order valence-electron chi connectivity index (χ1n) is 6.87. The summed E-state index contributed by atoms with van der Waals surface area (Å²) in [6, 6.07) is 21.3. The van der Waals surface area contributed by atoms with Crippen LogP contribution in [0.15, 0.2) is 66.7 Å². The minimum absolute atomic E-state index is 0.0602. The van der Waals surface area contributed by atoms with Crippen molar-refractivity contribution in [3.05, 3.63) is 66.7 Å². The zero-order valence-corrected chi connectivity index (χ0v) is 12.5. The number of carbonyl (C=O) groups excluding carboxylic acids is 1. The molecule has 0 aliphatic carbocycles. The van der Waals surface area contributed by atoms with Gasteiger partial charge < -0.3 is 10.1 Å². The van der Waals surface area contributed by atoms with E-state index in [-0.39, 0.29) is 11.8 Å². The van der Waals surface area contributed by atoms with Crippen LogP contribution in [0.3, 0.4) is 0 Å². The summed E-state index contributed by atoms with van der Waals surface area (Å²) in [5, 5.41) is 4.99. The second kappa shape index (κ2) is 6.50.